The van der Waals surface area contributed by atoms with Gasteiger partial charge >= 0.3 is 0 Å². The number of hydrogen-bond acceptors (Lipinski definition) is 6. The van der Waals surface area contributed by atoms with E-state index in [1.54, 1.807) is 36.2 Å². The van der Waals surface area contributed by atoms with E-state index in [4.69, 9.17) is 0 Å². The van der Waals surface area contributed by atoms with Gasteiger partial charge in [0.2, 0.25) is 0 Å². The number of aliphatic hydroxyl groups excluding tert-OH is 1. The van der Waals surface area contributed by atoms with Gasteiger partial charge in [0.25, 0.3) is 11.8 Å². The van der Waals surface area contributed by atoms with E-state index in [0.717, 1.165) is 21.8 Å². The Kier molecular flexibility index (Phi) is 11.0. The number of aliphatic hydroxyl groups is 1. The molecule has 0 radical (unpaired) electrons. The molecule has 0 saturated heterocycles. The molecule has 0 aliphatic rings. The molecular formula is C34H40N4O3S. The van der Waals surface area contributed by atoms with Crippen LogP contribution in [0, 0.1) is 6.92 Å². The molecule has 0 unspecified atom stereocenters. The van der Waals surface area contributed by atoms with Crippen molar-refractivity contribution in [1.29, 1.82) is 0 Å². The molecule has 8 heteroatoms. The first-order chi connectivity index (χ1) is 20.2. The van der Waals surface area contributed by atoms with Crippen molar-refractivity contribution < 1.29 is 14.7 Å². The molecule has 0 fully saturated rings. The number of nitrogens with one attached hydrogen (secondary N) is 2. The van der Waals surface area contributed by atoms with Crippen LogP contribution >= 0.6 is 11.3 Å². The fourth-order valence-corrected chi connectivity index (χ4v) is 5.56. The predicted molar refractivity (Wildman–Crippen MR) is 169 cm³/mol. The summed E-state index contributed by atoms with van der Waals surface area (Å²) in [4.78, 5) is 32.6. The van der Waals surface area contributed by atoms with Crippen LogP contribution in [0.2, 0.25) is 0 Å². The molecule has 1 aromatic heterocycles. The summed E-state index contributed by atoms with van der Waals surface area (Å²) < 4.78 is 0. The van der Waals surface area contributed by atoms with Gasteiger partial charge in [0, 0.05) is 42.3 Å². The lowest BCUT2D eigenvalue weighted by atomic mass is 9.99. The normalized spacial score (nSPS) is 12.6. The minimum atomic E-state index is -0.833. The molecule has 0 spiro atoms. The average Bonchev–Trinajstić information content (AvgIpc) is 3.41. The maximum absolute atomic E-state index is 13.4. The zero-order chi connectivity index (χ0) is 30.1. The van der Waals surface area contributed by atoms with Crippen LogP contribution in [0.3, 0.4) is 0 Å². The Hall–Kier alpha value is -3.85. The maximum atomic E-state index is 13.4. The summed E-state index contributed by atoms with van der Waals surface area (Å²) >= 11 is 1.52. The quantitative estimate of drug-likeness (QED) is 0.197. The van der Waals surface area contributed by atoms with Crippen LogP contribution in [0.1, 0.15) is 67.9 Å². The van der Waals surface area contributed by atoms with Crippen LogP contribution in [-0.4, -0.2) is 52.5 Å². The van der Waals surface area contributed by atoms with Crippen molar-refractivity contribution in [2.75, 3.05) is 13.6 Å². The lowest BCUT2D eigenvalue weighted by Crippen LogP contribution is -2.48. The number of rotatable bonds is 13. The van der Waals surface area contributed by atoms with E-state index >= 15 is 0 Å². The Bertz CT molecular complexity index is 1470. The highest BCUT2D eigenvalue weighted by molar-refractivity contribution is 7.09. The van der Waals surface area contributed by atoms with Gasteiger partial charge in [-0.05, 0) is 54.2 Å². The standard InChI is InChI=1S/C34H40N4O3S/c1-23(2)27-13-8-12-26(16-27)19-35-20-31(39)30(17-25-10-6-5-7-11-25)37-33(40)28-14-9-15-29(18-28)34(41)38(4)21-32-36-24(3)22-42-32/h5-16,18,22-23,30-31,35,39H,17,19-21H2,1-4H3,(H,37,40)/t30-,31+/m0/s1. The summed E-state index contributed by atoms with van der Waals surface area (Å²) in [5, 5.41) is 20.4. The van der Waals surface area contributed by atoms with Gasteiger partial charge in [-0.1, -0.05) is 74.5 Å². The van der Waals surface area contributed by atoms with E-state index in [-0.39, 0.29) is 11.8 Å². The van der Waals surface area contributed by atoms with Crippen LogP contribution in [0.5, 0.6) is 0 Å². The molecular weight excluding hydrogens is 544 g/mol. The Morgan fingerprint density at radius 3 is 2.38 bits per heavy atom. The van der Waals surface area contributed by atoms with Crippen molar-refractivity contribution in [2.24, 2.45) is 0 Å². The first-order valence-corrected chi connectivity index (χ1v) is 15.2. The second-order valence-electron chi connectivity index (χ2n) is 11.0. The number of carbonyl (C=O) groups is 2. The SMILES string of the molecule is Cc1csc(CN(C)C(=O)c2cccc(C(=O)N[C@@H](Cc3ccccc3)[C@H](O)CNCc3cccc(C(C)C)c3)c2)n1. The Morgan fingerprint density at radius 2 is 1.67 bits per heavy atom. The Morgan fingerprint density at radius 1 is 0.952 bits per heavy atom. The fraction of sp³-hybridized carbons (Fsp3) is 0.324. The van der Waals surface area contributed by atoms with Gasteiger partial charge in [0.05, 0.1) is 18.7 Å². The highest BCUT2D eigenvalue weighted by Gasteiger charge is 2.23. The minimum absolute atomic E-state index is 0.191. The molecule has 220 valence electrons. The van der Waals surface area contributed by atoms with Crippen LogP contribution < -0.4 is 10.6 Å². The third-order valence-electron chi connectivity index (χ3n) is 7.14. The molecule has 0 saturated carbocycles. The number of benzene rings is 3. The summed E-state index contributed by atoms with van der Waals surface area (Å²) in [6, 6.07) is 24.4. The van der Waals surface area contributed by atoms with Crippen molar-refractivity contribution in [3.8, 4) is 0 Å². The molecule has 2 atom stereocenters. The third kappa shape index (κ3) is 8.82. The zero-order valence-electron chi connectivity index (χ0n) is 24.7. The van der Waals surface area contributed by atoms with Crippen molar-refractivity contribution in [1.82, 2.24) is 20.5 Å². The van der Waals surface area contributed by atoms with Crippen molar-refractivity contribution in [3.63, 3.8) is 0 Å². The first kappa shape index (κ1) is 31.1. The minimum Gasteiger partial charge on any atom is -0.390 e. The second kappa shape index (κ2) is 14.9. The largest absolute Gasteiger partial charge is 0.390 e. The van der Waals surface area contributed by atoms with Crippen molar-refractivity contribution >= 4 is 23.2 Å². The molecule has 3 N–H and O–H groups in total. The van der Waals surface area contributed by atoms with E-state index in [9.17, 15) is 14.7 Å². The number of aryl methyl sites for hydroxylation is 1. The molecule has 1 heterocycles. The van der Waals surface area contributed by atoms with E-state index in [1.165, 1.54) is 16.9 Å². The van der Waals surface area contributed by atoms with E-state index in [2.05, 4.69) is 53.7 Å². The molecule has 4 rings (SSSR count). The van der Waals surface area contributed by atoms with Gasteiger partial charge in [-0.3, -0.25) is 9.59 Å². The maximum Gasteiger partial charge on any atom is 0.253 e. The van der Waals surface area contributed by atoms with Crippen molar-refractivity contribution in [3.05, 3.63) is 123 Å². The number of amides is 2. The summed E-state index contributed by atoms with van der Waals surface area (Å²) in [5.41, 5.74) is 5.14. The summed E-state index contributed by atoms with van der Waals surface area (Å²) in [5.74, 6) is -0.0888. The Balaban J connectivity index is 1.42. The number of aromatic nitrogens is 1. The summed E-state index contributed by atoms with van der Waals surface area (Å²) in [6.45, 7) is 7.58. The van der Waals surface area contributed by atoms with Crippen molar-refractivity contribution in [2.45, 2.75) is 58.3 Å². The van der Waals surface area contributed by atoms with Crippen LogP contribution in [0.4, 0.5) is 0 Å². The molecule has 3 aromatic carbocycles. The number of nitrogens with zero attached hydrogens (tertiary/aromatic N) is 2. The van der Waals surface area contributed by atoms with Gasteiger partial charge in [0.1, 0.15) is 5.01 Å². The van der Waals surface area contributed by atoms with Gasteiger partial charge < -0.3 is 20.6 Å². The summed E-state index contributed by atoms with van der Waals surface area (Å²) in [7, 11) is 1.73. The lowest BCUT2D eigenvalue weighted by molar-refractivity contribution is 0.0784. The molecule has 0 aliphatic heterocycles. The molecule has 4 aromatic rings. The fourth-order valence-electron chi connectivity index (χ4n) is 4.74. The predicted octanol–water partition coefficient (Wildman–Crippen LogP) is 5.34. The van der Waals surface area contributed by atoms with Crippen LogP contribution in [0.25, 0.3) is 0 Å². The first-order valence-electron chi connectivity index (χ1n) is 14.3. The average molecular weight is 585 g/mol. The lowest BCUT2D eigenvalue weighted by Gasteiger charge is -2.25. The molecule has 7 nitrogen and oxygen atoms in total. The highest BCUT2D eigenvalue weighted by atomic mass is 32.1. The number of thiazole rings is 1. The van der Waals surface area contributed by atoms with E-state index in [0.29, 0.717) is 43.1 Å². The van der Waals surface area contributed by atoms with Crippen LogP contribution in [0.15, 0.2) is 84.2 Å². The zero-order valence-corrected chi connectivity index (χ0v) is 25.5. The Labute approximate surface area is 252 Å². The van der Waals surface area contributed by atoms with Gasteiger partial charge in [0.15, 0.2) is 0 Å². The summed E-state index contributed by atoms with van der Waals surface area (Å²) in [6.07, 6.45) is -0.368. The smallest absolute Gasteiger partial charge is 0.253 e. The topological polar surface area (TPSA) is 94.6 Å². The van der Waals surface area contributed by atoms with E-state index in [1.807, 2.05) is 42.6 Å². The molecule has 2 amide bonds. The molecule has 0 aliphatic carbocycles. The van der Waals surface area contributed by atoms with Crippen LogP contribution in [-0.2, 0) is 19.5 Å². The van der Waals surface area contributed by atoms with Gasteiger partial charge in [-0.15, -0.1) is 11.3 Å². The monoisotopic (exact) mass is 584 g/mol. The molecule has 42 heavy (non-hydrogen) atoms. The van der Waals surface area contributed by atoms with E-state index < -0.39 is 12.1 Å². The van der Waals surface area contributed by atoms with Gasteiger partial charge in [-0.2, -0.15) is 0 Å². The molecule has 0 bridgehead atoms. The number of hydrogen-bond donors (Lipinski definition) is 3. The second-order valence-corrected chi connectivity index (χ2v) is 11.9. The number of carbonyl (C=O) groups excluding carboxylic acids is 2. The third-order valence-corrected chi connectivity index (χ3v) is 8.09. The van der Waals surface area contributed by atoms with Gasteiger partial charge in [-0.25, -0.2) is 4.98 Å². The highest BCUT2D eigenvalue weighted by Crippen LogP contribution is 2.17.